The van der Waals surface area contributed by atoms with E-state index in [1.54, 1.807) is 6.07 Å². The van der Waals surface area contributed by atoms with Gasteiger partial charge in [0.25, 0.3) is 0 Å². The molecule has 0 unspecified atom stereocenters. The van der Waals surface area contributed by atoms with Crippen molar-refractivity contribution in [2.75, 3.05) is 5.73 Å². The molecule has 10 heavy (non-hydrogen) atoms. The summed E-state index contributed by atoms with van der Waals surface area (Å²) >= 11 is 0. The van der Waals surface area contributed by atoms with E-state index >= 15 is 0 Å². The summed E-state index contributed by atoms with van der Waals surface area (Å²) < 4.78 is 0. The first-order valence-corrected chi connectivity index (χ1v) is 2.97. The summed E-state index contributed by atoms with van der Waals surface area (Å²) in [5.74, 6) is 0. The zero-order chi connectivity index (χ0) is 7.56. The van der Waals surface area contributed by atoms with Crippen LogP contribution < -0.4 is 5.73 Å². The molecule has 52 valence electrons. The third-order valence-corrected chi connectivity index (χ3v) is 1.23. The topological polar surface area (TPSA) is 62.8 Å². The lowest BCUT2D eigenvalue weighted by molar-refractivity contribution is 1.19. The highest BCUT2D eigenvalue weighted by molar-refractivity contribution is 5.81. The van der Waals surface area contributed by atoms with Gasteiger partial charge in [-0.15, -0.1) is 0 Å². The van der Waals surface area contributed by atoms with Crippen LogP contribution in [-0.4, -0.2) is 11.2 Å². The molecule has 0 aromatic carbocycles. The minimum absolute atomic E-state index is 0.542. The van der Waals surface area contributed by atoms with E-state index in [1.165, 1.54) is 0 Å². The second kappa shape index (κ2) is 2.47. The summed E-state index contributed by atoms with van der Waals surface area (Å²) in [5, 5.41) is 6.91. The van der Waals surface area contributed by atoms with Crippen molar-refractivity contribution in [3.63, 3.8) is 0 Å². The van der Waals surface area contributed by atoms with Gasteiger partial charge in [0.1, 0.15) is 5.69 Å². The molecule has 0 radical (unpaired) electrons. The summed E-state index contributed by atoms with van der Waals surface area (Å²) in [6.07, 6.45) is 1.16. The van der Waals surface area contributed by atoms with Crippen LogP contribution in [0.3, 0.4) is 0 Å². The van der Waals surface area contributed by atoms with Crippen molar-refractivity contribution in [3.8, 4) is 0 Å². The average molecular weight is 135 g/mol. The highest BCUT2D eigenvalue weighted by Crippen LogP contribution is 2.05. The molecule has 0 saturated heterocycles. The Morgan fingerprint density at radius 2 is 2.30 bits per heavy atom. The Kier molecular flexibility index (Phi) is 1.67. The predicted molar refractivity (Wildman–Crippen MR) is 41.3 cm³/mol. The van der Waals surface area contributed by atoms with Crippen molar-refractivity contribution >= 4 is 11.9 Å². The zero-order valence-electron chi connectivity index (χ0n) is 5.76. The predicted octanol–water partition coefficient (Wildman–Crippen LogP) is 0.970. The molecular formula is C7H9N3. The van der Waals surface area contributed by atoms with Crippen molar-refractivity contribution in [2.45, 2.75) is 6.92 Å². The van der Waals surface area contributed by atoms with Crippen LogP contribution in [0.25, 0.3) is 0 Å². The quantitative estimate of drug-likeness (QED) is 0.563. The van der Waals surface area contributed by atoms with Gasteiger partial charge in [-0.3, -0.25) is 0 Å². The summed E-state index contributed by atoms with van der Waals surface area (Å²) in [5.41, 5.74) is 7.47. The van der Waals surface area contributed by atoms with Crippen molar-refractivity contribution in [1.82, 2.24) is 4.98 Å². The van der Waals surface area contributed by atoms with E-state index in [2.05, 4.69) is 4.98 Å². The van der Waals surface area contributed by atoms with Crippen LogP contribution in [0.2, 0.25) is 0 Å². The van der Waals surface area contributed by atoms with Gasteiger partial charge >= 0.3 is 0 Å². The Morgan fingerprint density at radius 1 is 1.60 bits per heavy atom. The van der Waals surface area contributed by atoms with Crippen molar-refractivity contribution in [2.24, 2.45) is 0 Å². The summed E-state index contributed by atoms with van der Waals surface area (Å²) in [4.78, 5) is 4.02. The number of pyridine rings is 1. The van der Waals surface area contributed by atoms with Gasteiger partial charge in [0.05, 0.1) is 5.69 Å². The van der Waals surface area contributed by atoms with E-state index < -0.39 is 0 Å². The molecule has 0 aliphatic carbocycles. The third-order valence-electron chi connectivity index (χ3n) is 1.23. The lowest BCUT2D eigenvalue weighted by Gasteiger charge is -1.97. The van der Waals surface area contributed by atoms with Gasteiger partial charge in [-0.05, 0) is 19.1 Å². The fourth-order valence-electron chi connectivity index (χ4n) is 0.703. The molecule has 1 aromatic rings. The lowest BCUT2D eigenvalue weighted by Crippen LogP contribution is -1.96. The first-order valence-electron chi connectivity index (χ1n) is 2.97. The highest BCUT2D eigenvalue weighted by atomic mass is 14.8. The fraction of sp³-hybridized carbons (Fsp3) is 0.143. The van der Waals surface area contributed by atoms with Crippen LogP contribution in [-0.2, 0) is 0 Å². The maximum atomic E-state index is 6.91. The maximum Gasteiger partial charge on any atom is 0.104 e. The second-order valence-corrected chi connectivity index (χ2v) is 2.07. The summed E-state index contributed by atoms with van der Waals surface area (Å²) in [6.45, 7) is 1.87. The molecule has 1 rings (SSSR count). The minimum Gasteiger partial charge on any atom is -0.397 e. The highest BCUT2D eigenvalue weighted by Gasteiger charge is 1.94. The van der Waals surface area contributed by atoms with E-state index in [0.29, 0.717) is 11.4 Å². The number of aryl methyl sites for hydroxylation is 1. The van der Waals surface area contributed by atoms with Crippen molar-refractivity contribution in [1.29, 1.82) is 5.41 Å². The molecule has 1 heterocycles. The van der Waals surface area contributed by atoms with Gasteiger partial charge in [-0.2, -0.15) is 0 Å². The van der Waals surface area contributed by atoms with Crippen molar-refractivity contribution in [3.05, 3.63) is 23.5 Å². The van der Waals surface area contributed by atoms with Gasteiger partial charge in [-0.25, -0.2) is 4.98 Å². The molecule has 3 nitrogen and oxygen atoms in total. The molecule has 0 atom stereocenters. The van der Waals surface area contributed by atoms with E-state index in [9.17, 15) is 0 Å². The Balaban J connectivity index is 3.21. The molecule has 1 aromatic heterocycles. The van der Waals surface area contributed by atoms with Gasteiger partial charge in [0, 0.05) is 11.9 Å². The van der Waals surface area contributed by atoms with Crippen LogP contribution >= 0.6 is 0 Å². The van der Waals surface area contributed by atoms with Crippen LogP contribution in [0.5, 0.6) is 0 Å². The number of anilines is 1. The zero-order valence-corrected chi connectivity index (χ0v) is 5.76. The van der Waals surface area contributed by atoms with E-state index in [1.807, 2.05) is 13.0 Å². The number of nitrogen functional groups attached to an aromatic ring is 1. The first kappa shape index (κ1) is 6.74. The molecule has 0 amide bonds. The minimum atomic E-state index is 0.542. The smallest absolute Gasteiger partial charge is 0.104 e. The Hall–Kier alpha value is -1.38. The van der Waals surface area contributed by atoms with Gasteiger partial charge < -0.3 is 11.1 Å². The van der Waals surface area contributed by atoms with Gasteiger partial charge in [-0.1, -0.05) is 0 Å². The normalized spacial score (nSPS) is 9.30. The molecule has 0 aliphatic rings. The molecule has 3 N–H and O–H groups in total. The first-order chi connectivity index (χ1) is 4.74. The molecule has 3 heteroatoms. The second-order valence-electron chi connectivity index (χ2n) is 2.07. The number of aromatic nitrogens is 1. The number of nitrogens with two attached hydrogens (primary N) is 1. The van der Waals surface area contributed by atoms with Crippen LogP contribution in [0.1, 0.15) is 11.4 Å². The van der Waals surface area contributed by atoms with Gasteiger partial charge in [0.15, 0.2) is 0 Å². The monoisotopic (exact) mass is 135 g/mol. The SMILES string of the molecule is Cc1ccc(N)c(C=N)n1. The molecule has 0 aliphatic heterocycles. The summed E-state index contributed by atoms with van der Waals surface area (Å²) in [7, 11) is 0. The van der Waals surface area contributed by atoms with E-state index in [-0.39, 0.29) is 0 Å². The van der Waals surface area contributed by atoms with Crippen LogP contribution in [0, 0.1) is 12.3 Å². The Bertz CT molecular complexity index is 255. The number of nitrogens with one attached hydrogen (secondary N) is 1. The third kappa shape index (κ3) is 1.13. The maximum absolute atomic E-state index is 6.91. The van der Waals surface area contributed by atoms with E-state index in [0.717, 1.165) is 11.9 Å². The van der Waals surface area contributed by atoms with E-state index in [4.69, 9.17) is 11.1 Å². The Labute approximate surface area is 59.4 Å². The van der Waals surface area contributed by atoms with Crippen molar-refractivity contribution < 1.29 is 0 Å². The number of nitrogens with zero attached hydrogens (tertiary/aromatic N) is 1. The van der Waals surface area contributed by atoms with Crippen LogP contribution in [0.4, 0.5) is 5.69 Å². The molecule has 0 saturated carbocycles. The standard InChI is InChI=1S/C7H9N3/c1-5-2-3-6(9)7(4-8)10-5/h2-4,8H,9H2,1H3. The van der Waals surface area contributed by atoms with Crippen LogP contribution in [0.15, 0.2) is 12.1 Å². The molecule has 0 bridgehead atoms. The molecule has 0 spiro atoms. The molecule has 0 fully saturated rings. The average Bonchev–Trinajstić information content (AvgIpc) is 1.94. The largest absolute Gasteiger partial charge is 0.397 e. The Morgan fingerprint density at radius 3 is 2.80 bits per heavy atom. The van der Waals surface area contributed by atoms with Gasteiger partial charge in [0.2, 0.25) is 0 Å². The number of rotatable bonds is 1. The fourth-order valence-corrected chi connectivity index (χ4v) is 0.703. The molecular weight excluding hydrogens is 126 g/mol. The lowest BCUT2D eigenvalue weighted by atomic mass is 10.3. The number of hydrogen-bond donors (Lipinski definition) is 2. The number of hydrogen-bond acceptors (Lipinski definition) is 3. The summed E-state index contributed by atoms with van der Waals surface area (Å²) in [6, 6.07) is 3.57.